The zero-order valence-corrected chi connectivity index (χ0v) is 10.9. The Bertz CT molecular complexity index is 224. The monoisotopic (exact) mass is 226 g/mol. The summed E-state index contributed by atoms with van der Waals surface area (Å²) in [4.78, 5) is 13.9. The van der Waals surface area contributed by atoms with E-state index in [1.807, 2.05) is 11.9 Å². The largest absolute Gasteiger partial charge is 0.343 e. The summed E-state index contributed by atoms with van der Waals surface area (Å²) in [6.45, 7) is 4.99. The summed E-state index contributed by atoms with van der Waals surface area (Å²) in [5.74, 6) is 1.26. The second-order valence-corrected chi connectivity index (χ2v) is 5.52. The van der Waals surface area contributed by atoms with Gasteiger partial charge in [0.2, 0.25) is 5.91 Å². The molecule has 2 N–H and O–H groups in total. The first-order valence-corrected chi connectivity index (χ1v) is 6.50. The molecule has 16 heavy (non-hydrogen) atoms. The van der Waals surface area contributed by atoms with E-state index >= 15 is 0 Å². The van der Waals surface area contributed by atoms with Crippen molar-refractivity contribution in [2.75, 3.05) is 13.6 Å². The molecule has 1 aliphatic rings. The van der Waals surface area contributed by atoms with E-state index in [1.165, 1.54) is 19.3 Å². The lowest BCUT2D eigenvalue weighted by Gasteiger charge is -2.35. The van der Waals surface area contributed by atoms with Gasteiger partial charge in [-0.25, -0.2) is 0 Å². The van der Waals surface area contributed by atoms with Crippen LogP contribution in [0.5, 0.6) is 0 Å². The summed E-state index contributed by atoms with van der Waals surface area (Å²) in [6, 6.07) is 0.505. The number of hydrogen-bond acceptors (Lipinski definition) is 2. The van der Waals surface area contributed by atoms with E-state index in [2.05, 4.69) is 13.8 Å². The number of hydrogen-bond donors (Lipinski definition) is 1. The molecule has 0 aromatic carbocycles. The summed E-state index contributed by atoms with van der Waals surface area (Å²) in [5.41, 5.74) is 5.72. The van der Waals surface area contributed by atoms with E-state index in [0.717, 1.165) is 6.42 Å². The maximum absolute atomic E-state index is 12.0. The normalized spacial score (nSPS) is 18.3. The second-order valence-electron chi connectivity index (χ2n) is 5.52. The van der Waals surface area contributed by atoms with Crippen LogP contribution in [-0.2, 0) is 4.79 Å². The van der Waals surface area contributed by atoms with E-state index in [4.69, 9.17) is 5.73 Å². The molecule has 1 amide bonds. The number of carbonyl (C=O) groups is 1. The summed E-state index contributed by atoms with van der Waals surface area (Å²) in [6.07, 6.45) is 5.32. The Kier molecular flexibility index (Phi) is 5.26. The molecule has 0 aliphatic heterocycles. The standard InChI is InChI=1S/C13H26N2O/c1-10(2)7-11(9-14)8-13(16)15(3)12-5-4-6-12/h10-12H,4-9,14H2,1-3H3/t11-/m0/s1. The third kappa shape index (κ3) is 3.78. The Morgan fingerprint density at radius 2 is 2.06 bits per heavy atom. The van der Waals surface area contributed by atoms with Crippen molar-refractivity contribution < 1.29 is 4.79 Å². The zero-order chi connectivity index (χ0) is 12.1. The Hall–Kier alpha value is -0.570. The van der Waals surface area contributed by atoms with Crippen molar-refractivity contribution in [1.82, 2.24) is 4.90 Å². The molecule has 3 heteroatoms. The molecule has 3 nitrogen and oxygen atoms in total. The van der Waals surface area contributed by atoms with Crippen molar-refractivity contribution in [2.24, 2.45) is 17.6 Å². The minimum Gasteiger partial charge on any atom is -0.343 e. The van der Waals surface area contributed by atoms with Crippen molar-refractivity contribution in [1.29, 1.82) is 0 Å². The molecule has 1 saturated carbocycles. The quantitative estimate of drug-likeness (QED) is 0.753. The summed E-state index contributed by atoms with van der Waals surface area (Å²) >= 11 is 0. The maximum Gasteiger partial charge on any atom is 0.222 e. The molecular formula is C13H26N2O. The first-order valence-electron chi connectivity index (χ1n) is 6.50. The van der Waals surface area contributed by atoms with Crippen LogP contribution in [0.2, 0.25) is 0 Å². The molecule has 0 unspecified atom stereocenters. The van der Waals surface area contributed by atoms with E-state index in [9.17, 15) is 4.79 Å². The van der Waals surface area contributed by atoms with Gasteiger partial charge in [-0.1, -0.05) is 13.8 Å². The highest BCUT2D eigenvalue weighted by atomic mass is 16.2. The second kappa shape index (κ2) is 6.24. The molecule has 0 spiro atoms. The SMILES string of the molecule is CC(C)C[C@H](CN)CC(=O)N(C)C1CCC1. The van der Waals surface area contributed by atoms with Crippen molar-refractivity contribution in [2.45, 2.75) is 52.0 Å². The summed E-state index contributed by atoms with van der Waals surface area (Å²) in [7, 11) is 1.94. The molecule has 0 saturated heterocycles. The van der Waals surface area contributed by atoms with Gasteiger partial charge in [0, 0.05) is 19.5 Å². The van der Waals surface area contributed by atoms with Crippen molar-refractivity contribution in [3.8, 4) is 0 Å². The number of rotatable bonds is 6. The average molecular weight is 226 g/mol. The van der Waals surface area contributed by atoms with Gasteiger partial charge in [-0.05, 0) is 44.1 Å². The molecule has 0 bridgehead atoms. The molecule has 1 rings (SSSR count). The smallest absolute Gasteiger partial charge is 0.222 e. The average Bonchev–Trinajstić information content (AvgIpc) is 2.13. The van der Waals surface area contributed by atoms with Crippen LogP contribution in [0.1, 0.15) is 46.0 Å². The number of carbonyl (C=O) groups excluding carboxylic acids is 1. The summed E-state index contributed by atoms with van der Waals surface area (Å²) < 4.78 is 0. The van der Waals surface area contributed by atoms with E-state index in [-0.39, 0.29) is 5.91 Å². The Morgan fingerprint density at radius 1 is 1.44 bits per heavy atom. The highest BCUT2D eigenvalue weighted by molar-refractivity contribution is 5.76. The van der Waals surface area contributed by atoms with Crippen LogP contribution in [0, 0.1) is 11.8 Å². The topological polar surface area (TPSA) is 46.3 Å². The highest BCUT2D eigenvalue weighted by Crippen LogP contribution is 2.25. The van der Waals surface area contributed by atoms with Crippen LogP contribution in [0.3, 0.4) is 0 Å². The number of nitrogens with zero attached hydrogens (tertiary/aromatic N) is 1. The lowest BCUT2D eigenvalue weighted by molar-refractivity contribution is -0.134. The highest BCUT2D eigenvalue weighted by Gasteiger charge is 2.26. The Balaban J connectivity index is 2.35. The third-order valence-corrected chi connectivity index (χ3v) is 3.62. The van der Waals surface area contributed by atoms with Crippen LogP contribution in [-0.4, -0.2) is 30.4 Å². The van der Waals surface area contributed by atoms with Crippen molar-refractivity contribution in [3.05, 3.63) is 0 Å². The molecule has 0 aromatic heterocycles. The number of nitrogens with two attached hydrogens (primary N) is 1. The van der Waals surface area contributed by atoms with E-state index < -0.39 is 0 Å². The third-order valence-electron chi connectivity index (χ3n) is 3.62. The Labute approximate surface area is 99.4 Å². The maximum atomic E-state index is 12.0. The number of amides is 1. The molecule has 1 atom stereocenters. The van der Waals surface area contributed by atoms with Crippen LogP contribution >= 0.6 is 0 Å². The molecule has 1 aliphatic carbocycles. The fraction of sp³-hybridized carbons (Fsp3) is 0.923. The van der Waals surface area contributed by atoms with Gasteiger partial charge in [0.05, 0.1) is 0 Å². The van der Waals surface area contributed by atoms with Crippen LogP contribution in [0.15, 0.2) is 0 Å². The molecule has 94 valence electrons. The van der Waals surface area contributed by atoms with E-state index in [0.29, 0.717) is 30.8 Å². The predicted molar refractivity (Wildman–Crippen MR) is 67.0 cm³/mol. The molecule has 0 heterocycles. The minimum atomic E-state index is 0.279. The van der Waals surface area contributed by atoms with Gasteiger partial charge in [0.25, 0.3) is 0 Å². The van der Waals surface area contributed by atoms with Crippen LogP contribution < -0.4 is 5.73 Å². The molecule has 0 radical (unpaired) electrons. The zero-order valence-electron chi connectivity index (χ0n) is 10.9. The van der Waals surface area contributed by atoms with Crippen LogP contribution in [0.4, 0.5) is 0 Å². The molecule has 1 fully saturated rings. The Morgan fingerprint density at radius 3 is 2.44 bits per heavy atom. The fourth-order valence-corrected chi connectivity index (χ4v) is 2.30. The van der Waals surface area contributed by atoms with Gasteiger partial charge in [0.1, 0.15) is 0 Å². The first-order chi connectivity index (χ1) is 7.54. The van der Waals surface area contributed by atoms with Crippen LogP contribution in [0.25, 0.3) is 0 Å². The van der Waals surface area contributed by atoms with Gasteiger partial charge >= 0.3 is 0 Å². The van der Waals surface area contributed by atoms with Gasteiger partial charge in [-0.3, -0.25) is 4.79 Å². The minimum absolute atomic E-state index is 0.279. The first kappa shape index (κ1) is 13.5. The van der Waals surface area contributed by atoms with Gasteiger partial charge < -0.3 is 10.6 Å². The lowest BCUT2D eigenvalue weighted by Crippen LogP contribution is -2.42. The lowest BCUT2D eigenvalue weighted by atomic mass is 9.90. The fourth-order valence-electron chi connectivity index (χ4n) is 2.30. The summed E-state index contributed by atoms with van der Waals surface area (Å²) in [5, 5.41) is 0. The van der Waals surface area contributed by atoms with Gasteiger partial charge in [-0.2, -0.15) is 0 Å². The van der Waals surface area contributed by atoms with Gasteiger partial charge in [0.15, 0.2) is 0 Å². The van der Waals surface area contributed by atoms with Crippen molar-refractivity contribution in [3.63, 3.8) is 0 Å². The van der Waals surface area contributed by atoms with E-state index in [1.54, 1.807) is 0 Å². The van der Waals surface area contributed by atoms with Crippen molar-refractivity contribution >= 4 is 5.91 Å². The molecule has 0 aromatic rings. The molecular weight excluding hydrogens is 200 g/mol. The predicted octanol–water partition coefficient (Wildman–Crippen LogP) is 2.01. The van der Waals surface area contributed by atoms with Gasteiger partial charge in [-0.15, -0.1) is 0 Å².